The fourth-order valence-electron chi connectivity index (χ4n) is 2.93. The van der Waals surface area contributed by atoms with Gasteiger partial charge in [0.05, 0.1) is 6.10 Å². The van der Waals surface area contributed by atoms with Gasteiger partial charge in [-0.3, -0.25) is 4.98 Å². The molecule has 1 aliphatic rings. The van der Waals surface area contributed by atoms with Gasteiger partial charge in [-0.1, -0.05) is 30.3 Å². The molecule has 0 saturated carbocycles. The minimum Gasteiger partial charge on any atom is -0.376 e. The van der Waals surface area contributed by atoms with E-state index in [1.807, 2.05) is 48.5 Å². The van der Waals surface area contributed by atoms with Crippen LogP contribution < -0.4 is 10.6 Å². The zero-order valence-electron chi connectivity index (χ0n) is 14.4. The van der Waals surface area contributed by atoms with Crippen molar-refractivity contribution in [1.29, 1.82) is 0 Å². The Bertz CT molecular complexity index is 835. The van der Waals surface area contributed by atoms with Crippen LogP contribution in [0.1, 0.15) is 12.8 Å². The fourth-order valence-corrected chi connectivity index (χ4v) is 2.93. The highest BCUT2D eigenvalue weighted by molar-refractivity contribution is 5.64. The number of rotatable bonds is 6. The summed E-state index contributed by atoms with van der Waals surface area (Å²) in [5, 5.41) is 6.71. The lowest BCUT2D eigenvalue weighted by atomic mass is 10.2. The van der Waals surface area contributed by atoms with E-state index in [2.05, 4.69) is 25.6 Å². The van der Waals surface area contributed by atoms with Crippen LogP contribution in [-0.4, -0.2) is 34.2 Å². The lowest BCUT2D eigenvalue weighted by Gasteiger charge is -2.14. The molecule has 1 aromatic carbocycles. The molecule has 0 radical (unpaired) electrons. The van der Waals surface area contributed by atoms with Crippen molar-refractivity contribution in [2.45, 2.75) is 18.9 Å². The van der Waals surface area contributed by atoms with Crippen molar-refractivity contribution >= 4 is 17.3 Å². The summed E-state index contributed by atoms with van der Waals surface area (Å²) in [7, 11) is 0. The molecule has 1 aliphatic heterocycles. The molecule has 132 valence electrons. The summed E-state index contributed by atoms with van der Waals surface area (Å²) in [6, 6.07) is 15.7. The average Bonchev–Trinajstić information content (AvgIpc) is 3.21. The van der Waals surface area contributed by atoms with Crippen LogP contribution in [-0.2, 0) is 4.74 Å². The van der Waals surface area contributed by atoms with Crippen molar-refractivity contribution in [3.05, 3.63) is 60.9 Å². The molecule has 3 heterocycles. The van der Waals surface area contributed by atoms with Crippen LogP contribution in [0.15, 0.2) is 60.9 Å². The fraction of sp³-hybridized carbons (Fsp3) is 0.250. The standard InChI is InChI=1S/C20H21N5O/c1-2-5-15(6-3-1)20-24-18(22-14-17-7-4-12-26-17)13-19(25-20)23-16-8-10-21-11-9-16/h1-3,5-6,8-11,13,17H,4,7,12,14H2,(H2,21,22,23,24,25). The van der Waals surface area contributed by atoms with Crippen LogP contribution in [0.5, 0.6) is 0 Å². The lowest BCUT2D eigenvalue weighted by molar-refractivity contribution is 0.120. The van der Waals surface area contributed by atoms with Crippen LogP contribution in [0.4, 0.5) is 17.3 Å². The van der Waals surface area contributed by atoms with E-state index in [0.717, 1.165) is 48.9 Å². The second-order valence-corrected chi connectivity index (χ2v) is 6.20. The van der Waals surface area contributed by atoms with Crippen LogP contribution in [0.3, 0.4) is 0 Å². The third kappa shape index (κ3) is 4.15. The van der Waals surface area contributed by atoms with E-state index in [4.69, 9.17) is 4.74 Å². The van der Waals surface area contributed by atoms with Crippen molar-refractivity contribution in [2.75, 3.05) is 23.8 Å². The Morgan fingerprint density at radius 2 is 1.81 bits per heavy atom. The van der Waals surface area contributed by atoms with Gasteiger partial charge in [0.2, 0.25) is 0 Å². The topological polar surface area (TPSA) is 72.0 Å². The second kappa shape index (κ2) is 7.93. The van der Waals surface area contributed by atoms with Gasteiger partial charge in [0.1, 0.15) is 11.6 Å². The summed E-state index contributed by atoms with van der Waals surface area (Å²) in [4.78, 5) is 13.4. The summed E-state index contributed by atoms with van der Waals surface area (Å²) in [5.41, 5.74) is 1.91. The van der Waals surface area contributed by atoms with Crippen LogP contribution in [0, 0.1) is 0 Å². The first-order valence-electron chi connectivity index (χ1n) is 8.84. The maximum absolute atomic E-state index is 5.69. The zero-order valence-corrected chi connectivity index (χ0v) is 14.4. The van der Waals surface area contributed by atoms with E-state index in [1.165, 1.54) is 0 Å². The Kier molecular flexibility index (Phi) is 5.02. The normalized spacial score (nSPS) is 16.4. The average molecular weight is 347 g/mol. The maximum atomic E-state index is 5.69. The molecule has 2 aromatic heterocycles. The Hall–Kier alpha value is -2.99. The third-order valence-corrected chi connectivity index (χ3v) is 4.25. The minimum atomic E-state index is 0.252. The quantitative estimate of drug-likeness (QED) is 0.705. The Labute approximate surface area is 152 Å². The molecule has 26 heavy (non-hydrogen) atoms. The maximum Gasteiger partial charge on any atom is 0.163 e. The van der Waals surface area contributed by atoms with Crippen molar-refractivity contribution in [3.8, 4) is 11.4 Å². The second-order valence-electron chi connectivity index (χ2n) is 6.20. The Morgan fingerprint density at radius 1 is 1.00 bits per heavy atom. The lowest BCUT2D eigenvalue weighted by Crippen LogP contribution is -2.19. The van der Waals surface area contributed by atoms with Gasteiger partial charge in [-0.05, 0) is 25.0 Å². The molecule has 1 atom stereocenters. The number of anilines is 3. The van der Waals surface area contributed by atoms with Crippen molar-refractivity contribution in [1.82, 2.24) is 15.0 Å². The molecule has 6 nitrogen and oxygen atoms in total. The van der Waals surface area contributed by atoms with Crippen LogP contribution in [0.25, 0.3) is 11.4 Å². The first kappa shape index (κ1) is 16.5. The predicted molar refractivity (Wildman–Crippen MR) is 102 cm³/mol. The van der Waals surface area contributed by atoms with Gasteiger partial charge in [-0.2, -0.15) is 0 Å². The first-order chi connectivity index (χ1) is 12.9. The molecule has 1 unspecified atom stereocenters. The molecule has 0 bridgehead atoms. The smallest absolute Gasteiger partial charge is 0.163 e. The molecule has 1 saturated heterocycles. The molecular formula is C20H21N5O. The molecule has 0 aliphatic carbocycles. The van der Waals surface area contributed by atoms with Gasteiger partial charge in [-0.15, -0.1) is 0 Å². The van der Waals surface area contributed by atoms with Crippen LogP contribution in [0.2, 0.25) is 0 Å². The number of nitrogens with zero attached hydrogens (tertiary/aromatic N) is 3. The van der Waals surface area contributed by atoms with E-state index < -0.39 is 0 Å². The predicted octanol–water partition coefficient (Wildman–Crippen LogP) is 3.87. The number of aromatic nitrogens is 3. The van der Waals surface area contributed by atoms with E-state index in [-0.39, 0.29) is 6.10 Å². The molecule has 0 spiro atoms. The number of benzene rings is 1. The largest absolute Gasteiger partial charge is 0.376 e. The monoisotopic (exact) mass is 347 g/mol. The van der Waals surface area contributed by atoms with Gasteiger partial charge >= 0.3 is 0 Å². The molecule has 2 N–H and O–H groups in total. The number of nitrogens with one attached hydrogen (secondary N) is 2. The minimum absolute atomic E-state index is 0.252. The van der Waals surface area contributed by atoms with Gasteiger partial charge in [0.25, 0.3) is 0 Å². The van der Waals surface area contributed by atoms with E-state index in [0.29, 0.717) is 5.82 Å². The highest BCUT2D eigenvalue weighted by Crippen LogP contribution is 2.23. The molecule has 0 amide bonds. The van der Waals surface area contributed by atoms with Crippen molar-refractivity contribution in [3.63, 3.8) is 0 Å². The van der Waals surface area contributed by atoms with Crippen LogP contribution >= 0.6 is 0 Å². The third-order valence-electron chi connectivity index (χ3n) is 4.25. The molecule has 1 fully saturated rings. The zero-order chi connectivity index (χ0) is 17.6. The summed E-state index contributed by atoms with van der Waals surface area (Å²) < 4.78 is 5.69. The highest BCUT2D eigenvalue weighted by atomic mass is 16.5. The van der Waals surface area contributed by atoms with E-state index in [1.54, 1.807) is 12.4 Å². The Balaban J connectivity index is 1.60. The summed E-state index contributed by atoms with van der Waals surface area (Å²) in [6.45, 7) is 1.60. The highest BCUT2D eigenvalue weighted by Gasteiger charge is 2.16. The molecular weight excluding hydrogens is 326 g/mol. The molecule has 3 aromatic rings. The summed E-state index contributed by atoms with van der Waals surface area (Å²) in [6.07, 6.45) is 5.96. The molecule has 4 rings (SSSR count). The van der Waals surface area contributed by atoms with Crippen molar-refractivity contribution in [2.24, 2.45) is 0 Å². The molecule has 6 heteroatoms. The van der Waals surface area contributed by atoms with Crippen molar-refractivity contribution < 1.29 is 4.74 Å². The number of pyridine rings is 1. The van der Waals surface area contributed by atoms with Gasteiger partial charge in [0, 0.05) is 42.9 Å². The summed E-state index contributed by atoms with van der Waals surface area (Å²) >= 11 is 0. The summed E-state index contributed by atoms with van der Waals surface area (Å²) in [5.74, 6) is 2.20. The number of hydrogen-bond acceptors (Lipinski definition) is 6. The number of ether oxygens (including phenoxy) is 1. The van der Waals surface area contributed by atoms with E-state index >= 15 is 0 Å². The van der Waals surface area contributed by atoms with Gasteiger partial charge < -0.3 is 15.4 Å². The Morgan fingerprint density at radius 3 is 2.58 bits per heavy atom. The first-order valence-corrected chi connectivity index (χ1v) is 8.84. The van der Waals surface area contributed by atoms with E-state index in [9.17, 15) is 0 Å². The van der Waals surface area contributed by atoms with Gasteiger partial charge in [-0.25, -0.2) is 9.97 Å². The SMILES string of the molecule is c1ccc(-c2nc(NCC3CCCO3)cc(Nc3ccncc3)n2)cc1. The van der Waals surface area contributed by atoms with Gasteiger partial charge in [0.15, 0.2) is 5.82 Å². The number of hydrogen-bond donors (Lipinski definition) is 2.